The van der Waals surface area contributed by atoms with Crippen molar-refractivity contribution in [1.82, 2.24) is 15.2 Å². The largest absolute Gasteiger partial charge is 0.326 e. The molecule has 0 saturated carbocycles. The highest BCUT2D eigenvalue weighted by Gasteiger charge is 2.34. The summed E-state index contributed by atoms with van der Waals surface area (Å²) >= 11 is 1.44. The number of hydrogen-bond donors (Lipinski definition) is 3. The van der Waals surface area contributed by atoms with Crippen LogP contribution in [0, 0.1) is 11.8 Å². The number of aromatic nitrogens is 1. The molecule has 0 bridgehead atoms. The number of amides is 3. The molecule has 0 radical (unpaired) electrons. The Morgan fingerprint density at radius 3 is 3.00 bits per heavy atom. The number of carbonyl (C=O) groups is 2. The van der Waals surface area contributed by atoms with Gasteiger partial charge in [0.2, 0.25) is 5.91 Å². The van der Waals surface area contributed by atoms with Crippen LogP contribution >= 0.6 is 23.7 Å². The minimum absolute atomic E-state index is 0. The Morgan fingerprint density at radius 1 is 1.24 bits per heavy atom. The third kappa shape index (κ3) is 4.10. The van der Waals surface area contributed by atoms with Gasteiger partial charge in [-0.05, 0) is 55.5 Å². The number of nitrogens with one attached hydrogen (secondary N) is 3. The van der Waals surface area contributed by atoms with Gasteiger partial charge >= 0.3 is 6.03 Å². The minimum atomic E-state index is -0.0561. The molecule has 2 aromatic rings. The number of fused-ring (bicyclic) bond motifs is 2. The molecule has 2 atom stereocenters. The van der Waals surface area contributed by atoms with Crippen molar-refractivity contribution < 1.29 is 9.59 Å². The molecule has 1 aromatic carbocycles. The molecule has 3 amide bonds. The highest BCUT2D eigenvalue weighted by Crippen LogP contribution is 2.31. The van der Waals surface area contributed by atoms with E-state index in [2.05, 4.69) is 27.0 Å². The number of piperidine rings is 1. The fraction of sp³-hybridized carbons (Fsp3) is 0.450. The maximum Gasteiger partial charge on any atom is 0.323 e. The van der Waals surface area contributed by atoms with E-state index in [1.54, 1.807) is 0 Å². The number of aryl methyl sites for hydroxylation is 1. The van der Waals surface area contributed by atoms with Crippen molar-refractivity contribution in [2.24, 2.45) is 11.8 Å². The molecule has 4 heterocycles. The van der Waals surface area contributed by atoms with Crippen molar-refractivity contribution in [2.75, 3.05) is 36.8 Å². The number of benzene rings is 1. The summed E-state index contributed by atoms with van der Waals surface area (Å²) in [5.41, 5.74) is 3.86. The lowest BCUT2D eigenvalue weighted by Gasteiger charge is -2.34. The maximum absolute atomic E-state index is 12.6. The summed E-state index contributed by atoms with van der Waals surface area (Å²) in [7, 11) is 0. The van der Waals surface area contributed by atoms with Crippen molar-refractivity contribution >= 4 is 46.5 Å². The number of anilines is 2. The Hall–Kier alpha value is -2.16. The van der Waals surface area contributed by atoms with E-state index in [0.29, 0.717) is 23.4 Å². The number of halogens is 1. The number of thiazole rings is 1. The van der Waals surface area contributed by atoms with Crippen LogP contribution in [0.5, 0.6) is 0 Å². The number of hydrogen-bond acceptors (Lipinski definition) is 5. The van der Waals surface area contributed by atoms with Gasteiger partial charge in [-0.3, -0.25) is 10.1 Å². The van der Waals surface area contributed by atoms with Crippen molar-refractivity contribution in [3.8, 4) is 11.3 Å². The van der Waals surface area contributed by atoms with E-state index in [-0.39, 0.29) is 24.3 Å². The van der Waals surface area contributed by atoms with Gasteiger partial charge in [0.1, 0.15) is 0 Å². The Kier molecular flexibility index (Phi) is 5.76. The summed E-state index contributed by atoms with van der Waals surface area (Å²) in [6.07, 6.45) is 2.33. The monoisotopic (exact) mass is 433 g/mol. The SMILES string of the molecule is Cl.O=C1CCc2cc(-c3csc(NC(=O)N4CC[C@@H]5CNC[C@@H]5C4)n3)ccc2N1. The van der Waals surface area contributed by atoms with E-state index in [4.69, 9.17) is 0 Å². The van der Waals surface area contributed by atoms with Crippen LogP contribution in [-0.4, -0.2) is 48.0 Å². The van der Waals surface area contributed by atoms with Crippen LogP contribution in [-0.2, 0) is 11.2 Å². The van der Waals surface area contributed by atoms with E-state index in [1.165, 1.54) is 11.3 Å². The topological polar surface area (TPSA) is 86.4 Å². The van der Waals surface area contributed by atoms with Crippen molar-refractivity contribution in [2.45, 2.75) is 19.3 Å². The summed E-state index contributed by atoms with van der Waals surface area (Å²) in [4.78, 5) is 30.7. The van der Waals surface area contributed by atoms with Crippen LogP contribution < -0.4 is 16.0 Å². The lowest BCUT2D eigenvalue weighted by atomic mass is 9.89. The first-order chi connectivity index (χ1) is 13.7. The molecular formula is C20H24ClN5O2S. The lowest BCUT2D eigenvalue weighted by Crippen LogP contribution is -2.45. The Bertz CT molecular complexity index is 933. The van der Waals surface area contributed by atoms with Gasteiger partial charge in [-0.2, -0.15) is 0 Å². The Morgan fingerprint density at radius 2 is 2.10 bits per heavy atom. The van der Waals surface area contributed by atoms with Crippen LogP contribution in [0.1, 0.15) is 18.4 Å². The molecule has 9 heteroatoms. The average molecular weight is 434 g/mol. The normalized spacial score (nSPS) is 22.9. The van der Waals surface area contributed by atoms with E-state index in [0.717, 1.165) is 61.5 Å². The zero-order valence-corrected chi connectivity index (χ0v) is 17.6. The molecule has 29 heavy (non-hydrogen) atoms. The van der Waals surface area contributed by atoms with Crippen LogP contribution in [0.4, 0.5) is 15.6 Å². The van der Waals surface area contributed by atoms with Crippen molar-refractivity contribution in [1.29, 1.82) is 0 Å². The van der Waals surface area contributed by atoms with Gasteiger partial charge in [0.05, 0.1) is 5.69 Å². The molecule has 0 aliphatic carbocycles. The zero-order chi connectivity index (χ0) is 19.1. The van der Waals surface area contributed by atoms with Crippen LogP contribution in [0.2, 0.25) is 0 Å². The highest BCUT2D eigenvalue weighted by molar-refractivity contribution is 7.14. The third-order valence-electron chi connectivity index (χ3n) is 6.01. The first-order valence-electron chi connectivity index (χ1n) is 9.81. The molecule has 5 rings (SSSR count). The van der Waals surface area contributed by atoms with Gasteiger partial charge in [0, 0.05) is 36.1 Å². The minimum Gasteiger partial charge on any atom is -0.326 e. The molecule has 7 nitrogen and oxygen atoms in total. The van der Waals surface area contributed by atoms with Gasteiger partial charge in [-0.1, -0.05) is 6.07 Å². The van der Waals surface area contributed by atoms with Gasteiger partial charge in [-0.25, -0.2) is 9.78 Å². The summed E-state index contributed by atoms with van der Waals surface area (Å²) in [5.74, 6) is 1.35. The van der Waals surface area contributed by atoms with Gasteiger partial charge in [-0.15, -0.1) is 23.7 Å². The highest BCUT2D eigenvalue weighted by atomic mass is 35.5. The van der Waals surface area contributed by atoms with Gasteiger partial charge in [0.15, 0.2) is 5.13 Å². The maximum atomic E-state index is 12.6. The van der Waals surface area contributed by atoms with Gasteiger partial charge < -0.3 is 15.5 Å². The standard InChI is InChI=1S/C20H23N5O2S.ClH/c26-18-4-2-12-7-13(1-3-16(12)22-18)17-11-28-19(23-17)24-20(27)25-6-5-14-8-21-9-15(14)10-25;/h1,3,7,11,14-15,21H,2,4-6,8-10H2,(H,22,26)(H,23,24,27);1H/t14-,15-;/m1./s1. The van der Waals surface area contributed by atoms with Crippen molar-refractivity contribution in [3.63, 3.8) is 0 Å². The number of rotatable bonds is 2. The molecular weight excluding hydrogens is 410 g/mol. The smallest absolute Gasteiger partial charge is 0.323 e. The Balaban J connectivity index is 0.00000205. The molecule has 3 aliphatic rings. The lowest BCUT2D eigenvalue weighted by molar-refractivity contribution is -0.116. The molecule has 2 saturated heterocycles. The zero-order valence-electron chi connectivity index (χ0n) is 15.9. The predicted octanol–water partition coefficient (Wildman–Crippen LogP) is 3.19. The van der Waals surface area contributed by atoms with E-state index < -0.39 is 0 Å². The molecule has 0 unspecified atom stereocenters. The van der Waals surface area contributed by atoms with E-state index in [1.807, 2.05) is 22.4 Å². The molecule has 2 fully saturated rings. The number of likely N-dealkylation sites (tertiary alicyclic amines) is 1. The summed E-state index contributed by atoms with van der Waals surface area (Å²) < 4.78 is 0. The number of carbonyl (C=O) groups excluding carboxylic acids is 2. The average Bonchev–Trinajstić information content (AvgIpc) is 3.36. The number of nitrogens with zero attached hydrogens (tertiary/aromatic N) is 2. The summed E-state index contributed by atoms with van der Waals surface area (Å²) in [6.45, 7) is 3.72. The fourth-order valence-corrected chi connectivity index (χ4v) is 5.11. The van der Waals surface area contributed by atoms with E-state index in [9.17, 15) is 9.59 Å². The molecule has 3 aliphatic heterocycles. The van der Waals surface area contributed by atoms with Gasteiger partial charge in [0.25, 0.3) is 0 Å². The summed E-state index contributed by atoms with van der Waals surface area (Å²) in [6, 6.07) is 5.91. The first-order valence-corrected chi connectivity index (χ1v) is 10.7. The first kappa shape index (κ1) is 20.1. The van der Waals surface area contributed by atoms with Crippen LogP contribution in [0.15, 0.2) is 23.6 Å². The molecule has 154 valence electrons. The molecule has 3 N–H and O–H groups in total. The fourth-order valence-electron chi connectivity index (χ4n) is 4.40. The second-order valence-corrected chi connectivity index (χ2v) is 8.66. The second kappa shape index (κ2) is 8.30. The number of urea groups is 1. The van der Waals surface area contributed by atoms with Crippen molar-refractivity contribution in [3.05, 3.63) is 29.1 Å². The second-order valence-electron chi connectivity index (χ2n) is 7.80. The summed E-state index contributed by atoms with van der Waals surface area (Å²) in [5, 5.41) is 11.9. The predicted molar refractivity (Wildman–Crippen MR) is 117 cm³/mol. The Labute approximate surface area is 179 Å². The molecule has 0 spiro atoms. The van der Waals surface area contributed by atoms with E-state index >= 15 is 0 Å². The quantitative estimate of drug-likeness (QED) is 0.678. The van der Waals surface area contributed by atoms with Crippen LogP contribution in [0.3, 0.4) is 0 Å². The molecule has 1 aromatic heterocycles. The van der Waals surface area contributed by atoms with Crippen LogP contribution in [0.25, 0.3) is 11.3 Å². The third-order valence-corrected chi connectivity index (χ3v) is 6.76.